The van der Waals surface area contributed by atoms with Crippen LogP contribution in [0.5, 0.6) is 0 Å². The Morgan fingerprint density at radius 3 is 2.50 bits per heavy atom. The van der Waals surface area contributed by atoms with E-state index in [0.29, 0.717) is 6.54 Å². The van der Waals surface area contributed by atoms with Crippen LogP contribution >= 0.6 is 0 Å². The average molecular weight is 201 g/mol. The monoisotopic (exact) mass is 201 g/mol. The molecule has 0 unspecified atom stereocenters. The summed E-state index contributed by atoms with van der Waals surface area (Å²) in [6.45, 7) is 3.62. The fraction of sp³-hybridized carbons (Fsp3) is 0.556. The first kappa shape index (κ1) is 12.6. The van der Waals surface area contributed by atoms with Crippen molar-refractivity contribution in [2.75, 3.05) is 19.8 Å². The van der Waals surface area contributed by atoms with Crippen LogP contribution in [0.2, 0.25) is 0 Å². The number of nitrogens with one attached hydrogen (secondary N) is 1. The number of carbonyl (C=O) groups excluding carboxylic acids is 1. The Bertz CT molecular complexity index is 231. The normalized spacial score (nSPS) is 9.29. The fourth-order valence-corrected chi connectivity index (χ4v) is 0.651. The molecule has 0 aliphatic heterocycles. The van der Waals surface area contributed by atoms with E-state index < -0.39 is 12.6 Å². The van der Waals surface area contributed by atoms with Crippen LogP contribution in [0, 0.1) is 0 Å². The molecule has 0 fully saturated rings. The second-order valence-corrected chi connectivity index (χ2v) is 2.97. The third-order valence-electron chi connectivity index (χ3n) is 1.27. The maximum absolute atomic E-state index is 10.9. The Morgan fingerprint density at radius 2 is 2.00 bits per heavy atom. The van der Waals surface area contributed by atoms with E-state index in [9.17, 15) is 9.59 Å². The van der Waals surface area contributed by atoms with Crippen LogP contribution in [0.1, 0.15) is 13.8 Å². The molecule has 0 radical (unpaired) electrons. The molecule has 0 saturated carbocycles. The number of carboxylic acid groups (broad SMARTS) is 1. The lowest BCUT2D eigenvalue weighted by Gasteiger charge is -2.02. The van der Waals surface area contributed by atoms with Crippen molar-refractivity contribution < 1.29 is 19.4 Å². The first-order valence-electron chi connectivity index (χ1n) is 4.22. The summed E-state index contributed by atoms with van der Waals surface area (Å²) in [5, 5.41) is 10.8. The highest BCUT2D eigenvalue weighted by atomic mass is 16.5. The van der Waals surface area contributed by atoms with Gasteiger partial charge in [0.2, 0.25) is 5.91 Å². The molecule has 14 heavy (non-hydrogen) atoms. The molecule has 0 atom stereocenters. The summed E-state index contributed by atoms with van der Waals surface area (Å²) in [6.07, 6.45) is 1.86. The lowest BCUT2D eigenvalue weighted by molar-refractivity contribution is -0.143. The van der Waals surface area contributed by atoms with Crippen LogP contribution in [-0.2, 0) is 14.3 Å². The number of hydrogen-bond donors (Lipinski definition) is 2. The van der Waals surface area contributed by atoms with E-state index in [1.807, 2.05) is 19.9 Å². The van der Waals surface area contributed by atoms with Gasteiger partial charge in [0.1, 0.15) is 13.2 Å². The van der Waals surface area contributed by atoms with E-state index in [-0.39, 0.29) is 12.5 Å². The van der Waals surface area contributed by atoms with Crippen molar-refractivity contribution in [3.05, 3.63) is 11.6 Å². The highest BCUT2D eigenvalue weighted by molar-refractivity contribution is 5.77. The Labute approximate surface area is 82.7 Å². The van der Waals surface area contributed by atoms with Gasteiger partial charge in [0.05, 0.1) is 0 Å². The third kappa shape index (κ3) is 8.73. The molecule has 0 heterocycles. The topological polar surface area (TPSA) is 75.6 Å². The molecule has 0 spiro atoms. The summed E-state index contributed by atoms with van der Waals surface area (Å²) in [5.41, 5.74) is 1.11. The molecule has 1 amide bonds. The summed E-state index contributed by atoms with van der Waals surface area (Å²) in [7, 11) is 0. The van der Waals surface area contributed by atoms with Crippen molar-refractivity contribution in [3.63, 3.8) is 0 Å². The van der Waals surface area contributed by atoms with Gasteiger partial charge < -0.3 is 15.2 Å². The zero-order valence-corrected chi connectivity index (χ0v) is 8.37. The van der Waals surface area contributed by atoms with Crippen LogP contribution in [0.4, 0.5) is 0 Å². The standard InChI is InChI=1S/C9H15NO4/c1-7(2)3-4-10-8(11)5-14-6-9(12)13/h3H,4-6H2,1-2H3,(H,10,11)(H,12,13). The van der Waals surface area contributed by atoms with Gasteiger partial charge >= 0.3 is 5.97 Å². The number of amides is 1. The number of ether oxygens (including phenoxy) is 1. The number of rotatable bonds is 6. The van der Waals surface area contributed by atoms with E-state index in [0.717, 1.165) is 5.57 Å². The lowest BCUT2D eigenvalue weighted by Crippen LogP contribution is -2.28. The first-order valence-corrected chi connectivity index (χ1v) is 4.22. The largest absolute Gasteiger partial charge is 0.480 e. The van der Waals surface area contributed by atoms with Crippen molar-refractivity contribution in [2.24, 2.45) is 0 Å². The molecule has 5 nitrogen and oxygen atoms in total. The third-order valence-corrected chi connectivity index (χ3v) is 1.27. The predicted molar refractivity (Wildman–Crippen MR) is 50.9 cm³/mol. The lowest BCUT2D eigenvalue weighted by atomic mass is 10.3. The number of allylic oxidation sites excluding steroid dienone is 1. The van der Waals surface area contributed by atoms with E-state index in [1.165, 1.54) is 0 Å². The minimum absolute atomic E-state index is 0.219. The van der Waals surface area contributed by atoms with Crippen LogP contribution in [0.15, 0.2) is 11.6 Å². The van der Waals surface area contributed by atoms with Gasteiger partial charge in [-0.2, -0.15) is 0 Å². The number of aliphatic carboxylic acids is 1. The zero-order chi connectivity index (χ0) is 11.0. The van der Waals surface area contributed by atoms with E-state index >= 15 is 0 Å². The van der Waals surface area contributed by atoms with E-state index in [1.54, 1.807) is 0 Å². The van der Waals surface area contributed by atoms with Crippen molar-refractivity contribution in [3.8, 4) is 0 Å². The molecule has 0 aromatic rings. The minimum atomic E-state index is -1.08. The van der Waals surface area contributed by atoms with Crippen molar-refractivity contribution >= 4 is 11.9 Å². The first-order chi connectivity index (χ1) is 6.52. The molecule has 0 rings (SSSR count). The maximum Gasteiger partial charge on any atom is 0.329 e. The quantitative estimate of drug-likeness (QED) is 0.601. The second kappa shape index (κ2) is 7.08. The van der Waals surface area contributed by atoms with E-state index in [4.69, 9.17) is 5.11 Å². The average Bonchev–Trinajstić information content (AvgIpc) is 2.02. The van der Waals surface area contributed by atoms with Crippen molar-refractivity contribution in [1.82, 2.24) is 5.32 Å². The Kier molecular flexibility index (Phi) is 6.39. The van der Waals surface area contributed by atoms with Crippen molar-refractivity contribution in [1.29, 1.82) is 0 Å². The molecular formula is C9H15NO4. The fourth-order valence-electron chi connectivity index (χ4n) is 0.651. The van der Waals surface area contributed by atoms with Crippen LogP contribution < -0.4 is 5.32 Å². The number of carbonyl (C=O) groups is 2. The number of hydrogen-bond acceptors (Lipinski definition) is 3. The van der Waals surface area contributed by atoms with Gasteiger partial charge in [0.15, 0.2) is 0 Å². The van der Waals surface area contributed by atoms with Crippen LogP contribution in [0.3, 0.4) is 0 Å². The number of carboxylic acids is 1. The Hall–Kier alpha value is -1.36. The predicted octanol–water partition coefficient (Wildman–Crippen LogP) is 0.170. The van der Waals surface area contributed by atoms with Gasteiger partial charge in [0, 0.05) is 6.54 Å². The Morgan fingerprint density at radius 1 is 1.36 bits per heavy atom. The minimum Gasteiger partial charge on any atom is -0.480 e. The van der Waals surface area contributed by atoms with E-state index in [2.05, 4.69) is 10.1 Å². The summed E-state index contributed by atoms with van der Waals surface area (Å²) < 4.78 is 4.58. The molecule has 2 N–H and O–H groups in total. The smallest absolute Gasteiger partial charge is 0.329 e. The zero-order valence-electron chi connectivity index (χ0n) is 8.37. The molecular weight excluding hydrogens is 186 g/mol. The van der Waals surface area contributed by atoms with Gasteiger partial charge in [-0.25, -0.2) is 4.79 Å². The van der Waals surface area contributed by atoms with Gasteiger partial charge in [-0.05, 0) is 13.8 Å². The molecule has 0 aliphatic rings. The summed E-state index contributed by atoms with van der Waals surface area (Å²) in [4.78, 5) is 21.0. The highest BCUT2D eigenvalue weighted by Crippen LogP contribution is 1.85. The summed E-state index contributed by atoms with van der Waals surface area (Å²) in [6, 6.07) is 0. The summed E-state index contributed by atoms with van der Waals surface area (Å²) >= 11 is 0. The Balaban J connectivity index is 3.47. The van der Waals surface area contributed by atoms with Crippen LogP contribution in [0.25, 0.3) is 0 Å². The van der Waals surface area contributed by atoms with Gasteiger partial charge in [-0.1, -0.05) is 11.6 Å². The SMILES string of the molecule is CC(C)=CCNC(=O)COCC(=O)O. The van der Waals surface area contributed by atoms with Crippen LogP contribution in [-0.4, -0.2) is 36.7 Å². The molecule has 0 aromatic carbocycles. The molecule has 80 valence electrons. The summed E-state index contributed by atoms with van der Waals surface area (Å²) in [5.74, 6) is -1.40. The van der Waals surface area contributed by atoms with Gasteiger partial charge in [-0.15, -0.1) is 0 Å². The van der Waals surface area contributed by atoms with Crippen molar-refractivity contribution in [2.45, 2.75) is 13.8 Å². The molecule has 0 aliphatic carbocycles. The van der Waals surface area contributed by atoms with Gasteiger partial charge in [0.25, 0.3) is 0 Å². The molecule has 5 heteroatoms. The molecule has 0 aromatic heterocycles. The van der Waals surface area contributed by atoms with Gasteiger partial charge in [-0.3, -0.25) is 4.79 Å². The maximum atomic E-state index is 10.9. The molecule has 0 saturated heterocycles. The highest BCUT2D eigenvalue weighted by Gasteiger charge is 2.01. The second-order valence-electron chi connectivity index (χ2n) is 2.97. The molecule has 0 bridgehead atoms.